The van der Waals surface area contributed by atoms with Crippen LogP contribution >= 0.6 is 31.5 Å². The van der Waals surface area contributed by atoms with Crippen LogP contribution in [0.15, 0.2) is 308 Å². The number of sulfone groups is 1. The quantitative estimate of drug-likeness (QED) is 0.00785. The van der Waals surface area contributed by atoms with Gasteiger partial charge in [-0.3, -0.25) is 18.5 Å². The first-order valence-corrected chi connectivity index (χ1v) is 43.3. The van der Waals surface area contributed by atoms with Gasteiger partial charge >= 0.3 is 7.37 Å². The molecule has 0 saturated carbocycles. The lowest BCUT2D eigenvalue weighted by Crippen LogP contribution is -2.26. The molecule has 0 spiro atoms. The Labute approximate surface area is 701 Å². The number of ketones is 1. The van der Waals surface area contributed by atoms with Gasteiger partial charge in [0.2, 0.25) is 16.6 Å². The summed E-state index contributed by atoms with van der Waals surface area (Å²) in [5, 5.41) is 43.3. The number of fused-ring (bicyclic) bond motifs is 3. The first kappa shape index (κ1) is 88.4. The predicted molar refractivity (Wildman–Crippen MR) is 450 cm³/mol. The second-order valence-electron chi connectivity index (χ2n) is 26.3. The van der Waals surface area contributed by atoms with Crippen molar-refractivity contribution in [3.05, 3.63) is 335 Å². The summed E-state index contributed by atoms with van der Waals surface area (Å²) in [5.74, 6) is 3.66. The Bertz CT molecular complexity index is 6390. The Morgan fingerprint density at radius 2 is 0.925 bits per heavy atom. The van der Waals surface area contributed by atoms with Gasteiger partial charge in [-0.2, -0.15) is 27.4 Å². The van der Waals surface area contributed by atoms with Gasteiger partial charge in [0.15, 0.2) is 5.78 Å². The lowest BCUT2D eigenvalue weighted by Gasteiger charge is -2.29. The maximum absolute atomic E-state index is 14.5. The molecule has 0 aromatic heterocycles. The minimum atomic E-state index is -4.80. The van der Waals surface area contributed by atoms with Crippen LogP contribution in [0.5, 0.6) is 57.5 Å². The Hall–Kier alpha value is -12.4. The van der Waals surface area contributed by atoms with E-state index in [9.17, 15) is 49.0 Å². The number of hydrogen-bond acceptors (Lipinski definition) is 25. The van der Waals surface area contributed by atoms with Crippen molar-refractivity contribution in [1.82, 2.24) is 0 Å². The van der Waals surface area contributed by atoms with Gasteiger partial charge in [-0.25, -0.2) is 18.9 Å². The maximum Gasteiger partial charge on any atom is 0.311 e. The number of ether oxygens (including phenoxy) is 6. The average Bonchev–Trinajstić information content (AvgIpc) is 0.729. The fourth-order valence-corrected chi connectivity index (χ4v) is 18.2. The summed E-state index contributed by atoms with van der Waals surface area (Å²) in [6, 6.07) is 82.4. The summed E-state index contributed by atoms with van der Waals surface area (Å²) in [4.78, 5) is 12.6. The van der Waals surface area contributed by atoms with E-state index in [-0.39, 0.29) is 50.3 Å². The Morgan fingerprint density at radius 1 is 0.433 bits per heavy atom. The van der Waals surface area contributed by atoms with E-state index in [0.717, 1.165) is 67.8 Å². The molecule has 120 heavy (non-hydrogen) atoms. The van der Waals surface area contributed by atoms with E-state index in [4.69, 9.17) is 48.7 Å². The van der Waals surface area contributed by atoms with E-state index >= 15 is 0 Å². The highest BCUT2D eigenvalue weighted by Gasteiger charge is 2.40. The Kier molecular flexibility index (Phi) is 29.4. The number of nitriles is 2. The molecule has 1 aliphatic rings. The van der Waals surface area contributed by atoms with Crippen LogP contribution in [0.4, 0.5) is 0 Å². The van der Waals surface area contributed by atoms with Gasteiger partial charge in [0.25, 0.3) is 20.2 Å². The summed E-state index contributed by atoms with van der Waals surface area (Å²) < 4.78 is 156. The summed E-state index contributed by atoms with van der Waals surface area (Å²) in [5.41, 5.74) is 10.0. The molecule has 13 aromatic carbocycles. The lowest BCUT2D eigenvalue weighted by molar-refractivity contribution is -0.432. The second-order valence-corrected chi connectivity index (χ2v) is 34.8. The molecule has 0 aliphatic carbocycles. The summed E-state index contributed by atoms with van der Waals surface area (Å²) in [7, 11) is -15.3. The molecular formula is C89H73N2O23PS5. The van der Waals surface area contributed by atoms with E-state index in [0.29, 0.717) is 90.5 Å². The number of methoxy groups -OCH3 is 1. The van der Waals surface area contributed by atoms with E-state index in [1.54, 1.807) is 99.0 Å². The Balaban J connectivity index is 0.000000178. The number of rotatable bonds is 25. The van der Waals surface area contributed by atoms with Gasteiger partial charge in [0.1, 0.15) is 74.0 Å². The molecule has 0 saturated heterocycles. The minimum absolute atomic E-state index is 0.0133. The number of carbonyl (C=O) groups excluding carboxylic acids is 1. The molecule has 31 heteroatoms. The molecule has 1 atom stereocenters. The van der Waals surface area contributed by atoms with Crippen molar-refractivity contribution in [2.45, 2.75) is 70.9 Å². The number of nitrogens with zero attached hydrogens (tertiary/aromatic N) is 2. The van der Waals surface area contributed by atoms with E-state index < -0.39 is 53.0 Å². The SMILES string of the molecule is COc1ccc(OCOc2ccc(C)cc2)cc1P1(=O)Oc2ccccc2-c2ccccc21.Cc1ccc(Oc2cccc(Oc3ccc(-c4ccc(Oc5ccc(C(=O)c6ccc(C)c(SOOO)c6)cc5S(=O)(=O)O)cc4)cc3)c2C#N)cc1.Cc1ccc(S(=O)(=O)c2cccc(SOOO)c2)cc1S(=O)(=O)O.Cc1cccc(C)c1C#N. The number of hydrogen-bond donors (Lipinski definition) is 4. The average molecular weight is 1730 g/mol. The largest absolute Gasteiger partial charge is 0.496 e. The van der Waals surface area contributed by atoms with Crippen LogP contribution in [-0.2, 0) is 53.4 Å². The zero-order valence-electron chi connectivity index (χ0n) is 64.7. The van der Waals surface area contributed by atoms with Gasteiger partial charge in [-0.1, -0.05) is 155 Å². The van der Waals surface area contributed by atoms with Crippen LogP contribution < -0.4 is 43.6 Å². The predicted octanol–water partition coefficient (Wildman–Crippen LogP) is 20.5. The van der Waals surface area contributed by atoms with Crippen molar-refractivity contribution in [1.29, 1.82) is 10.5 Å². The van der Waals surface area contributed by atoms with Gasteiger partial charge in [0.05, 0.1) is 68.1 Å². The highest BCUT2D eigenvalue weighted by molar-refractivity contribution is 7.95. The molecule has 0 radical (unpaired) electrons. The number of aryl methyl sites for hydroxylation is 6. The Morgan fingerprint density at radius 3 is 1.51 bits per heavy atom. The van der Waals surface area contributed by atoms with Crippen LogP contribution in [0, 0.1) is 64.2 Å². The minimum Gasteiger partial charge on any atom is -0.496 e. The van der Waals surface area contributed by atoms with Crippen LogP contribution in [-0.4, -0.2) is 64.6 Å². The van der Waals surface area contributed by atoms with Crippen molar-refractivity contribution < 1.29 is 106 Å². The summed E-state index contributed by atoms with van der Waals surface area (Å²) in [6.45, 7) is 11.1. The molecule has 0 fully saturated rings. The summed E-state index contributed by atoms with van der Waals surface area (Å²) in [6.07, 6.45) is 0. The molecule has 0 amide bonds. The number of para-hydroxylation sites is 1. The van der Waals surface area contributed by atoms with E-state index in [1.165, 1.54) is 61.5 Å². The smallest absolute Gasteiger partial charge is 0.311 e. The molecule has 612 valence electrons. The second kappa shape index (κ2) is 39.9. The normalized spacial score (nSPS) is 12.5. The molecule has 13 aromatic rings. The highest BCUT2D eigenvalue weighted by Crippen LogP contribution is 2.56. The van der Waals surface area contributed by atoms with Crippen LogP contribution in [0.25, 0.3) is 22.3 Å². The van der Waals surface area contributed by atoms with Gasteiger partial charge in [-0.15, -0.1) is 8.67 Å². The fourth-order valence-electron chi connectivity index (χ4n) is 12.0. The molecular weight excluding hydrogens is 1660 g/mol. The van der Waals surface area contributed by atoms with Gasteiger partial charge in [-0.05, 0) is 226 Å². The van der Waals surface area contributed by atoms with Crippen molar-refractivity contribution in [3.8, 4) is 91.9 Å². The topological polar surface area (TPSA) is 367 Å². The molecule has 1 aliphatic heterocycles. The third-order valence-electron chi connectivity index (χ3n) is 18.1. The molecule has 4 N–H and O–H groups in total. The molecule has 14 rings (SSSR count). The van der Waals surface area contributed by atoms with Crippen molar-refractivity contribution in [2.75, 3.05) is 13.9 Å². The zero-order valence-corrected chi connectivity index (χ0v) is 69.7. The van der Waals surface area contributed by atoms with Crippen molar-refractivity contribution in [2.24, 2.45) is 0 Å². The molecule has 25 nitrogen and oxygen atoms in total. The molecule has 1 heterocycles. The van der Waals surface area contributed by atoms with Crippen LogP contribution in [0.2, 0.25) is 0 Å². The van der Waals surface area contributed by atoms with Crippen molar-refractivity contribution in [3.63, 3.8) is 0 Å². The van der Waals surface area contributed by atoms with Crippen molar-refractivity contribution >= 4 is 77.9 Å². The first-order valence-electron chi connectivity index (χ1n) is 35.8. The first-order chi connectivity index (χ1) is 57.5. The monoisotopic (exact) mass is 1730 g/mol. The molecule has 1 unspecified atom stereocenters. The standard InChI is InChI=1S/C40H29NO10S2.C27H23O5P.C13H12O8S3.C9H9N/c1-25-6-15-31(16-7-25)47-35-4-3-5-36(34(35)24-41)48-32-17-10-27(11-18-32)28-12-19-33(20-13-28)49-37-21-14-30(23-39(37)53(44,45)46)40(42)29-9-8-26(2)38(22-29)52-51-50-43;1-19-11-13-20(14-12-19)30-18-31-21-15-16-25(29-2)27(17-21)33(28)26-10-6-4-8-23(26)22-7-3-5-9-24(22)32-33;1-9-5-6-12(8-13(9)24(17,18)19)23(15,16)11-4-2-3-10(7-11)22-21-20-14;1-7-4-3-5-8(2)9(7)6-10/h3-23,43H,1-2H3,(H,44,45,46);3-17H,18H2,1-2H3;2-8,14H,1H3,(H,17,18,19);3-5H,1-2H3. The maximum atomic E-state index is 14.5. The fraction of sp³-hybridized carbons (Fsp3) is 0.0899. The third-order valence-corrected chi connectivity index (χ3v) is 25.5. The van der Waals surface area contributed by atoms with Gasteiger partial charge in [0, 0.05) is 26.5 Å². The molecule has 0 bridgehead atoms. The number of carbonyl (C=O) groups is 1. The zero-order chi connectivity index (χ0) is 85.9. The highest BCUT2D eigenvalue weighted by atomic mass is 32.2. The summed E-state index contributed by atoms with van der Waals surface area (Å²) >= 11 is 1.27. The van der Waals surface area contributed by atoms with Crippen LogP contribution in [0.1, 0.15) is 60.4 Å². The van der Waals surface area contributed by atoms with E-state index in [2.05, 4.69) is 30.9 Å². The number of benzene rings is 13. The van der Waals surface area contributed by atoms with Crippen LogP contribution in [0.3, 0.4) is 0 Å². The lowest BCUT2D eigenvalue weighted by atomic mass is 10.0. The van der Waals surface area contributed by atoms with Gasteiger partial charge < -0.3 is 32.9 Å². The van der Waals surface area contributed by atoms with E-state index in [1.807, 2.05) is 155 Å². The third kappa shape index (κ3) is 22.1.